The average molecular weight is 274 g/mol. The second-order valence-electron chi connectivity index (χ2n) is 4.31. The molecule has 0 aliphatic carbocycles. The van der Waals surface area contributed by atoms with Crippen molar-refractivity contribution in [2.75, 3.05) is 11.4 Å². The third-order valence-corrected chi connectivity index (χ3v) is 3.08. The first-order valence-electron chi connectivity index (χ1n) is 5.73. The Morgan fingerprint density at radius 3 is 2.75 bits per heavy atom. The highest BCUT2D eigenvalue weighted by atomic mass is 16.6. The summed E-state index contributed by atoms with van der Waals surface area (Å²) in [6.45, 7) is 0.163. The monoisotopic (exact) mass is 274 g/mol. The summed E-state index contributed by atoms with van der Waals surface area (Å²) in [6, 6.07) is 3.80. The summed E-state index contributed by atoms with van der Waals surface area (Å²) in [5.74, 6) is 0.329. The van der Waals surface area contributed by atoms with E-state index in [4.69, 9.17) is 6.42 Å². The van der Waals surface area contributed by atoms with Crippen molar-refractivity contribution >= 4 is 23.3 Å². The van der Waals surface area contributed by atoms with Crippen molar-refractivity contribution in [3.63, 3.8) is 0 Å². The average Bonchev–Trinajstić information content (AvgIpc) is 2.78. The zero-order chi connectivity index (χ0) is 14.9. The molecular formula is C13H10N2O5. The summed E-state index contributed by atoms with van der Waals surface area (Å²) < 4.78 is 0. The van der Waals surface area contributed by atoms with E-state index in [0.29, 0.717) is 0 Å². The smallest absolute Gasteiger partial charge is 0.344 e. The number of nitro groups is 1. The van der Waals surface area contributed by atoms with E-state index < -0.39 is 22.1 Å². The van der Waals surface area contributed by atoms with E-state index in [-0.39, 0.29) is 30.5 Å². The molecule has 1 saturated heterocycles. The van der Waals surface area contributed by atoms with Gasteiger partial charge in [-0.15, -0.1) is 12.3 Å². The highest BCUT2D eigenvalue weighted by Crippen LogP contribution is 2.33. The number of nitro benzene ring substituents is 1. The standard InChI is InChI=1S/C13H10N2O5/c1-2-8-6-11(16)14(7-8)9-4-3-5-10(15(19)20)12(9)13(17)18/h1,3-5,8H,6-7H2,(H,17,18). The molecule has 7 nitrogen and oxygen atoms in total. The summed E-state index contributed by atoms with van der Waals surface area (Å²) in [4.78, 5) is 34.5. The lowest BCUT2D eigenvalue weighted by Gasteiger charge is -2.18. The Morgan fingerprint density at radius 2 is 2.25 bits per heavy atom. The second kappa shape index (κ2) is 5.01. The quantitative estimate of drug-likeness (QED) is 0.508. The van der Waals surface area contributed by atoms with Crippen LogP contribution in [0.4, 0.5) is 11.4 Å². The molecule has 1 amide bonds. The van der Waals surface area contributed by atoms with Gasteiger partial charge in [0.05, 0.1) is 10.6 Å². The fourth-order valence-electron chi connectivity index (χ4n) is 2.18. The second-order valence-corrected chi connectivity index (χ2v) is 4.31. The molecule has 1 unspecified atom stereocenters. The maximum absolute atomic E-state index is 11.9. The fraction of sp³-hybridized carbons (Fsp3) is 0.231. The van der Waals surface area contributed by atoms with Crippen molar-refractivity contribution in [2.45, 2.75) is 6.42 Å². The van der Waals surface area contributed by atoms with Gasteiger partial charge >= 0.3 is 5.97 Å². The highest BCUT2D eigenvalue weighted by Gasteiger charge is 2.34. The number of carbonyl (C=O) groups excluding carboxylic acids is 1. The molecule has 1 N–H and O–H groups in total. The number of carboxylic acids is 1. The lowest BCUT2D eigenvalue weighted by Crippen LogP contribution is -2.26. The van der Waals surface area contributed by atoms with Crippen molar-refractivity contribution in [3.8, 4) is 12.3 Å². The summed E-state index contributed by atoms with van der Waals surface area (Å²) in [5.41, 5.74) is -1.04. The molecule has 1 aliphatic rings. The first-order chi connectivity index (χ1) is 9.45. The van der Waals surface area contributed by atoms with E-state index in [1.165, 1.54) is 17.0 Å². The Bertz CT molecular complexity index is 647. The number of aromatic carboxylic acids is 1. The number of terminal acetylenes is 1. The zero-order valence-electron chi connectivity index (χ0n) is 10.3. The first-order valence-corrected chi connectivity index (χ1v) is 5.73. The molecule has 0 spiro atoms. The zero-order valence-corrected chi connectivity index (χ0v) is 10.3. The van der Waals surface area contributed by atoms with Crippen LogP contribution in [0.2, 0.25) is 0 Å². The molecule has 0 aromatic heterocycles. The molecule has 1 aromatic carbocycles. The van der Waals surface area contributed by atoms with Crippen LogP contribution in [-0.4, -0.2) is 28.5 Å². The highest BCUT2D eigenvalue weighted by molar-refractivity contribution is 6.05. The summed E-state index contributed by atoms with van der Waals surface area (Å²) in [6.07, 6.45) is 5.37. The van der Waals surface area contributed by atoms with Gasteiger partial charge in [-0.25, -0.2) is 4.79 Å². The van der Waals surface area contributed by atoms with Gasteiger partial charge in [0, 0.05) is 24.9 Å². The molecule has 1 aliphatic heterocycles. The van der Waals surface area contributed by atoms with E-state index in [1.807, 2.05) is 0 Å². The van der Waals surface area contributed by atoms with Crippen LogP contribution in [0.1, 0.15) is 16.8 Å². The third-order valence-electron chi connectivity index (χ3n) is 3.08. The minimum atomic E-state index is -1.45. The molecule has 102 valence electrons. The molecule has 1 fully saturated rings. The Kier molecular flexibility index (Phi) is 3.39. The summed E-state index contributed by atoms with van der Waals surface area (Å²) >= 11 is 0. The number of hydrogen-bond donors (Lipinski definition) is 1. The van der Waals surface area contributed by atoms with Crippen molar-refractivity contribution in [1.82, 2.24) is 0 Å². The van der Waals surface area contributed by atoms with Crippen LogP contribution in [-0.2, 0) is 4.79 Å². The molecule has 0 saturated carbocycles. The molecule has 20 heavy (non-hydrogen) atoms. The van der Waals surface area contributed by atoms with Gasteiger partial charge in [0.15, 0.2) is 5.56 Å². The first kappa shape index (κ1) is 13.5. The van der Waals surface area contributed by atoms with Gasteiger partial charge in [-0.05, 0) is 6.07 Å². The van der Waals surface area contributed by atoms with Crippen LogP contribution < -0.4 is 4.90 Å². The van der Waals surface area contributed by atoms with Crippen LogP contribution in [0.25, 0.3) is 0 Å². The Labute approximate surface area is 114 Å². The maximum Gasteiger partial charge on any atom is 0.344 e. The number of benzene rings is 1. The van der Waals surface area contributed by atoms with Crippen molar-refractivity contribution in [1.29, 1.82) is 0 Å². The molecule has 0 bridgehead atoms. The van der Waals surface area contributed by atoms with Crippen LogP contribution in [0.3, 0.4) is 0 Å². The number of hydrogen-bond acceptors (Lipinski definition) is 4. The maximum atomic E-state index is 11.9. The topological polar surface area (TPSA) is 101 Å². The normalized spacial score (nSPS) is 17.9. The van der Waals surface area contributed by atoms with Crippen molar-refractivity contribution < 1.29 is 19.6 Å². The van der Waals surface area contributed by atoms with Gasteiger partial charge in [0.25, 0.3) is 5.69 Å². The molecule has 7 heteroatoms. The van der Waals surface area contributed by atoms with Gasteiger partial charge < -0.3 is 10.0 Å². The van der Waals surface area contributed by atoms with Gasteiger partial charge in [0.2, 0.25) is 5.91 Å². The molecular weight excluding hydrogens is 264 g/mol. The van der Waals surface area contributed by atoms with Gasteiger partial charge in [-0.2, -0.15) is 0 Å². The number of carbonyl (C=O) groups is 2. The summed E-state index contributed by atoms with van der Waals surface area (Å²) in [7, 11) is 0. The van der Waals surface area contributed by atoms with E-state index >= 15 is 0 Å². The molecule has 1 aromatic rings. The minimum Gasteiger partial charge on any atom is -0.477 e. The number of amides is 1. The van der Waals surface area contributed by atoms with Crippen LogP contribution >= 0.6 is 0 Å². The predicted octanol–water partition coefficient (Wildman–Crippen LogP) is 1.28. The molecule has 2 rings (SSSR count). The SMILES string of the molecule is C#CC1CC(=O)N(c2cccc([N+](=O)[O-])c2C(=O)O)C1. The molecule has 1 atom stereocenters. The van der Waals surface area contributed by atoms with E-state index in [1.54, 1.807) is 0 Å². The Balaban J connectivity index is 2.55. The predicted molar refractivity (Wildman–Crippen MR) is 69.3 cm³/mol. The number of nitrogens with zero attached hydrogens (tertiary/aromatic N) is 2. The number of carboxylic acid groups (broad SMARTS) is 1. The van der Waals surface area contributed by atoms with Gasteiger partial charge in [0.1, 0.15) is 0 Å². The van der Waals surface area contributed by atoms with Crippen LogP contribution in [0.15, 0.2) is 18.2 Å². The van der Waals surface area contributed by atoms with E-state index in [9.17, 15) is 24.8 Å². The third kappa shape index (κ3) is 2.19. The largest absolute Gasteiger partial charge is 0.477 e. The fourth-order valence-corrected chi connectivity index (χ4v) is 2.18. The van der Waals surface area contributed by atoms with Gasteiger partial charge in [-0.1, -0.05) is 6.07 Å². The van der Waals surface area contributed by atoms with Gasteiger partial charge in [-0.3, -0.25) is 14.9 Å². The van der Waals surface area contributed by atoms with Crippen molar-refractivity contribution in [3.05, 3.63) is 33.9 Å². The lowest BCUT2D eigenvalue weighted by atomic mass is 10.1. The Hall–Kier alpha value is -2.88. The molecule has 0 radical (unpaired) electrons. The van der Waals surface area contributed by atoms with Crippen LogP contribution in [0, 0.1) is 28.4 Å². The minimum absolute atomic E-state index is 0.00875. The van der Waals surface area contributed by atoms with E-state index in [0.717, 1.165) is 6.07 Å². The number of rotatable bonds is 3. The van der Waals surface area contributed by atoms with Crippen LogP contribution in [0.5, 0.6) is 0 Å². The lowest BCUT2D eigenvalue weighted by molar-refractivity contribution is -0.385. The molecule has 1 heterocycles. The van der Waals surface area contributed by atoms with E-state index in [2.05, 4.69) is 5.92 Å². The Morgan fingerprint density at radius 1 is 1.55 bits per heavy atom. The van der Waals surface area contributed by atoms with Crippen molar-refractivity contribution in [2.24, 2.45) is 5.92 Å². The number of anilines is 1. The summed E-state index contributed by atoms with van der Waals surface area (Å²) in [5, 5.41) is 20.1.